The van der Waals surface area contributed by atoms with Gasteiger partial charge in [0.2, 0.25) is 0 Å². The lowest BCUT2D eigenvalue weighted by Crippen LogP contribution is -2.15. The molecule has 0 unspecified atom stereocenters. The van der Waals surface area contributed by atoms with E-state index in [2.05, 4.69) is 83.3 Å². The van der Waals surface area contributed by atoms with Gasteiger partial charge in [0.15, 0.2) is 0 Å². The number of aliphatic imine (C=N–C) groups is 1. The van der Waals surface area contributed by atoms with Crippen molar-refractivity contribution in [2.75, 3.05) is 5.32 Å². The first-order valence-corrected chi connectivity index (χ1v) is 8.49. The Labute approximate surface area is 141 Å². The normalized spacial score (nSPS) is 16.3. The topological polar surface area (TPSA) is 24.4 Å². The molecule has 2 rings (SSSR count). The van der Waals surface area contributed by atoms with Crippen LogP contribution in [0, 0.1) is 5.41 Å². The van der Waals surface area contributed by atoms with Crippen LogP contribution in [0.15, 0.2) is 52.7 Å². The Kier molecular flexibility index (Phi) is 5.13. The summed E-state index contributed by atoms with van der Waals surface area (Å²) >= 11 is 0. The summed E-state index contributed by atoms with van der Waals surface area (Å²) in [4.78, 5) is 4.71. The number of hydrogen-bond donors (Lipinski definition) is 1. The quantitative estimate of drug-likeness (QED) is 0.531. The number of nitrogens with one attached hydrogen (secondary N) is 1. The minimum Gasteiger partial charge on any atom is -0.346 e. The Morgan fingerprint density at radius 1 is 0.913 bits per heavy atom. The second-order valence-electron chi connectivity index (χ2n) is 8.23. The molecule has 0 spiro atoms. The van der Waals surface area contributed by atoms with Crippen LogP contribution in [0.25, 0.3) is 0 Å². The van der Waals surface area contributed by atoms with Crippen LogP contribution in [0.3, 0.4) is 0 Å². The van der Waals surface area contributed by atoms with Crippen molar-refractivity contribution in [2.45, 2.75) is 59.8 Å². The number of rotatable bonds is 3. The van der Waals surface area contributed by atoms with Crippen LogP contribution in [-0.2, 0) is 5.41 Å². The lowest BCUT2D eigenvalue weighted by molar-refractivity contribution is 0.504. The van der Waals surface area contributed by atoms with Gasteiger partial charge in [-0.25, -0.2) is 4.99 Å². The minimum atomic E-state index is 0.109. The van der Waals surface area contributed by atoms with Gasteiger partial charge in [-0.05, 0) is 40.9 Å². The fraction of sp³-hybridized carbons (Fsp3) is 0.476. The number of benzene rings is 1. The van der Waals surface area contributed by atoms with Crippen LogP contribution in [0.5, 0.6) is 0 Å². The molecule has 0 amide bonds. The van der Waals surface area contributed by atoms with Crippen molar-refractivity contribution >= 4 is 12.0 Å². The smallest absolute Gasteiger partial charge is 0.0930 e. The highest BCUT2D eigenvalue weighted by Crippen LogP contribution is 2.35. The van der Waals surface area contributed by atoms with Crippen LogP contribution in [0.4, 0.5) is 5.69 Å². The molecule has 1 aliphatic rings. The third-order valence-corrected chi connectivity index (χ3v) is 4.10. The van der Waals surface area contributed by atoms with Crippen molar-refractivity contribution in [3.63, 3.8) is 0 Å². The van der Waals surface area contributed by atoms with Crippen molar-refractivity contribution < 1.29 is 0 Å². The summed E-state index contributed by atoms with van der Waals surface area (Å²) in [6.07, 6.45) is 8.60. The van der Waals surface area contributed by atoms with E-state index in [4.69, 9.17) is 4.99 Å². The minimum absolute atomic E-state index is 0.109. The number of allylic oxidation sites excluding steroid dienone is 3. The Hall–Kier alpha value is -1.83. The molecule has 0 saturated carbocycles. The van der Waals surface area contributed by atoms with Gasteiger partial charge < -0.3 is 5.32 Å². The molecule has 0 atom stereocenters. The van der Waals surface area contributed by atoms with Gasteiger partial charge in [0.1, 0.15) is 0 Å². The largest absolute Gasteiger partial charge is 0.346 e. The van der Waals surface area contributed by atoms with Crippen molar-refractivity contribution in [2.24, 2.45) is 10.4 Å². The maximum absolute atomic E-state index is 4.71. The van der Waals surface area contributed by atoms with Gasteiger partial charge >= 0.3 is 0 Å². The van der Waals surface area contributed by atoms with Gasteiger partial charge in [-0.1, -0.05) is 71.9 Å². The van der Waals surface area contributed by atoms with Gasteiger partial charge in [-0.15, -0.1) is 0 Å². The molecule has 1 aliphatic carbocycles. The zero-order valence-corrected chi connectivity index (χ0v) is 15.4. The summed E-state index contributed by atoms with van der Waals surface area (Å²) in [7, 11) is 0. The van der Waals surface area contributed by atoms with E-state index in [1.54, 1.807) is 0 Å². The first kappa shape index (κ1) is 17.5. The first-order valence-electron chi connectivity index (χ1n) is 8.49. The van der Waals surface area contributed by atoms with Gasteiger partial charge in [0.25, 0.3) is 0 Å². The SMILES string of the molecule is CC(C)(C)C1=CCCC=C1N=CNc1ccccc1C(C)(C)C. The zero-order valence-electron chi connectivity index (χ0n) is 15.4. The van der Waals surface area contributed by atoms with Crippen LogP contribution < -0.4 is 5.32 Å². The Balaban J connectivity index is 2.17. The molecule has 0 fully saturated rings. The molecule has 2 nitrogen and oxygen atoms in total. The Morgan fingerprint density at radius 2 is 1.57 bits per heavy atom. The molecule has 0 heterocycles. The molecule has 0 aliphatic heterocycles. The lowest BCUT2D eigenvalue weighted by Gasteiger charge is -2.26. The van der Waals surface area contributed by atoms with Crippen LogP contribution in [0.1, 0.15) is 59.9 Å². The van der Waals surface area contributed by atoms with Gasteiger partial charge in [-0.2, -0.15) is 0 Å². The summed E-state index contributed by atoms with van der Waals surface area (Å²) in [5, 5.41) is 3.38. The molecule has 1 aromatic carbocycles. The molecule has 0 saturated heterocycles. The van der Waals surface area contributed by atoms with Crippen molar-refractivity contribution in [3.05, 3.63) is 53.3 Å². The van der Waals surface area contributed by atoms with Crippen LogP contribution in [0.2, 0.25) is 0 Å². The number of nitrogens with zero attached hydrogens (tertiary/aromatic N) is 1. The molecular weight excluding hydrogens is 280 g/mol. The first-order chi connectivity index (χ1) is 10.7. The summed E-state index contributed by atoms with van der Waals surface area (Å²) in [5.74, 6) is 0. The molecule has 0 radical (unpaired) electrons. The van der Waals surface area contributed by atoms with E-state index in [9.17, 15) is 0 Å². The highest BCUT2D eigenvalue weighted by Gasteiger charge is 2.21. The molecule has 1 aromatic rings. The second kappa shape index (κ2) is 6.74. The predicted molar refractivity (Wildman–Crippen MR) is 102 cm³/mol. The van der Waals surface area contributed by atoms with E-state index in [-0.39, 0.29) is 10.8 Å². The molecule has 2 heteroatoms. The summed E-state index contributed by atoms with van der Waals surface area (Å²) in [5.41, 5.74) is 5.11. The van der Waals surface area contributed by atoms with Gasteiger partial charge in [0, 0.05) is 5.69 Å². The van der Waals surface area contributed by atoms with Crippen molar-refractivity contribution in [1.29, 1.82) is 0 Å². The third kappa shape index (κ3) is 4.57. The molecular formula is C21H30N2. The fourth-order valence-corrected chi connectivity index (χ4v) is 2.91. The van der Waals surface area contributed by atoms with E-state index in [1.165, 1.54) is 11.1 Å². The number of anilines is 1. The molecule has 124 valence electrons. The third-order valence-electron chi connectivity index (χ3n) is 4.10. The maximum atomic E-state index is 4.71. The van der Waals surface area contributed by atoms with E-state index >= 15 is 0 Å². The Morgan fingerprint density at radius 3 is 2.22 bits per heavy atom. The van der Waals surface area contributed by atoms with Crippen LogP contribution >= 0.6 is 0 Å². The summed E-state index contributed by atoms with van der Waals surface area (Å²) < 4.78 is 0. The monoisotopic (exact) mass is 310 g/mol. The number of hydrogen-bond acceptors (Lipinski definition) is 1. The second-order valence-corrected chi connectivity index (χ2v) is 8.23. The average molecular weight is 310 g/mol. The number of para-hydroxylation sites is 1. The van der Waals surface area contributed by atoms with E-state index in [0.29, 0.717) is 0 Å². The fourth-order valence-electron chi connectivity index (χ4n) is 2.91. The zero-order chi connectivity index (χ0) is 17.1. The maximum Gasteiger partial charge on any atom is 0.0930 e. The molecule has 0 aromatic heterocycles. The summed E-state index contributed by atoms with van der Waals surface area (Å²) in [6, 6.07) is 8.44. The van der Waals surface area contributed by atoms with E-state index in [0.717, 1.165) is 24.2 Å². The molecule has 0 bridgehead atoms. The predicted octanol–water partition coefficient (Wildman–Crippen LogP) is 6.07. The molecule has 1 N–H and O–H groups in total. The standard InChI is InChI=1S/C21H30N2/c1-20(2,3)16-11-7-9-13-18(16)22-15-23-19-14-10-8-12-17(19)21(4,5)6/h7,9,11-15H,8,10H2,1-6H3,(H,22,23). The van der Waals surface area contributed by atoms with Gasteiger partial charge in [-0.3, -0.25) is 0 Å². The average Bonchev–Trinajstić information content (AvgIpc) is 2.46. The highest BCUT2D eigenvalue weighted by molar-refractivity contribution is 5.79. The van der Waals surface area contributed by atoms with Crippen molar-refractivity contribution in [3.8, 4) is 0 Å². The highest BCUT2D eigenvalue weighted by atomic mass is 15.0. The Bertz CT molecular complexity index is 635. The van der Waals surface area contributed by atoms with E-state index < -0.39 is 0 Å². The van der Waals surface area contributed by atoms with Crippen LogP contribution in [-0.4, -0.2) is 6.34 Å². The lowest BCUT2D eigenvalue weighted by atomic mass is 9.82. The van der Waals surface area contributed by atoms with Gasteiger partial charge in [0.05, 0.1) is 12.0 Å². The van der Waals surface area contributed by atoms with E-state index in [1.807, 2.05) is 6.34 Å². The summed E-state index contributed by atoms with van der Waals surface area (Å²) in [6.45, 7) is 13.4. The van der Waals surface area contributed by atoms with Crippen molar-refractivity contribution in [1.82, 2.24) is 0 Å². The molecule has 23 heavy (non-hydrogen) atoms.